The van der Waals surface area contributed by atoms with Crippen molar-refractivity contribution in [3.8, 4) is 11.3 Å². The monoisotopic (exact) mass is 664 g/mol. The average Bonchev–Trinajstić information content (AvgIpc) is 3.73. The Morgan fingerprint density at radius 1 is 0.957 bits per heavy atom. The van der Waals surface area contributed by atoms with Crippen molar-refractivity contribution in [2.45, 2.75) is 89.1 Å². The number of aromatic nitrogens is 2. The number of carbonyl (C=O) groups excluding carboxylic acids is 2. The van der Waals surface area contributed by atoms with E-state index in [1.807, 2.05) is 24.4 Å². The second-order valence-corrected chi connectivity index (χ2v) is 11.2. The Morgan fingerprint density at radius 3 is 2.07 bits per heavy atom. The number of carboxylic acid groups (broad SMARTS) is 2. The molecule has 4 N–H and O–H groups in total. The SMILES string of the molecule is CC(=O)CCCCC[C@H](NC(=O)CCN1CC2CCC1C2)c1ncc(-c2ccccc2)[nH]1.O=C(O)C(F)(F)F.O=C(O)C(F)(F)F. The predicted molar refractivity (Wildman–Crippen MR) is 153 cm³/mol. The lowest BCUT2D eigenvalue weighted by molar-refractivity contribution is -0.193. The number of aliphatic carboxylic acids is 2. The van der Waals surface area contributed by atoms with Crippen LogP contribution in [0.2, 0.25) is 0 Å². The first-order valence-electron chi connectivity index (χ1n) is 14.7. The number of halogens is 6. The molecule has 1 saturated heterocycles. The van der Waals surface area contributed by atoms with Gasteiger partial charge in [-0.25, -0.2) is 14.6 Å². The molecule has 2 aliphatic rings. The molecule has 16 heteroatoms. The van der Waals surface area contributed by atoms with Crippen molar-refractivity contribution in [2.24, 2.45) is 5.92 Å². The van der Waals surface area contributed by atoms with Gasteiger partial charge in [0.2, 0.25) is 5.91 Å². The number of H-pyrrole nitrogens is 1. The fourth-order valence-electron chi connectivity index (χ4n) is 5.27. The van der Waals surface area contributed by atoms with Crippen LogP contribution in [0.5, 0.6) is 0 Å². The van der Waals surface area contributed by atoms with E-state index < -0.39 is 24.3 Å². The molecule has 0 spiro atoms. The number of Topliss-reactive ketones (excluding diaryl/α,β-unsaturated/α-hetero) is 1. The zero-order valence-electron chi connectivity index (χ0n) is 25.2. The Bertz CT molecular complexity index is 1260. The number of aromatic amines is 1. The van der Waals surface area contributed by atoms with E-state index in [-0.39, 0.29) is 17.7 Å². The van der Waals surface area contributed by atoms with Crippen molar-refractivity contribution >= 4 is 23.6 Å². The number of imidazole rings is 1. The second-order valence-electron chi connectivity index (χ2n) is 11.2. The molecule has 10 nitrogen and oxygen atoms in total. The molecule has 2 aromatic rings. The molecular weight excluding hydrogens is 626 g/mol. The number of hydrogen-bond donors (Lipinski definition) is 4. The summed E-state index contributed by atoms with van der Waals surface area (Å²) >= 11 is 0. The first-order chi connectivity index (χ1) is 21.5. The van der Waals surface area contributed by atoms with Crippen LogP contribution in [-0.2, 0) is 19.2 Å². The van der Waals surface area contributed by atoms with Gasteiger partial charge in [-0.1, -0.05) is 43.2 Å². The third-order valence-corrected chi connectivity index (χ3v) is 7.50. The number of hydrogen-bond acceptors (Lipinski definition) is 6. The third kappa shape index (κ3) is 13.6. The number of fused-ring (bicyclic) bond motifs is 2. The Hall–Kier alpha value is -3.95. The summed E-state index contributed by atoms with van der Waals surface area (Å²) in [6.07, 6.45) is 0.486. The van der Waals surface area contributed by atoms with E-state index in [0.29, 0.717) is 18.9 Å². The van der Waals surface area contributed by atoms with Crippen LogP contribution in [0.15, 0.2) is 36.5 Å². The molecule has 0 radical (unpaired) electrons. The summed E-state index contributed by atoms with van der Waals surface area (Å²) in [6, 6.07) is 10.7. The lowest BCUT2D eigenvalue weighted by Gasteiger charge is -2.26. The van der Waals surface area contributed by atoms with Crippen molar-refractivity contribution < 1.29 is 55.7 Å². The number of ketones is 1. The Morgan fingerprint density at radius 2 is 1.57 bits per heavy atom. The van der Waals surface area contributed by atoms with Crippen LogP contribution in [0.25, 0.3) is 11.3 Å². The molecule has 1 saturated carbocycles. The van der Waals surface area contributed by atoms with E-state index in [1.165, 1.54) is 19.3 Å². The van der Waals surface area contributed by atoms with E-state index >= 15 is 0 Å². The molecule has 2 fully saturated rings. The number of carboxylic acids is 2. The van der Waals surface area contributed by atoms with Crippen LogP contribution in [0, 0.1) is 5.92 Å². The second kappa shape index (κ2) is 17.7. The quantitative estimate of drug-likeness (QED) is 0.161. The van der Waals surface area contributed by atoms with Crippen molar-refractivity contribution in [1.82, 2.24) is 20.2 Å². The number of unbranched alkanes of at least 4 members (excludes halogenated alkanes) is 2. The third-order valence-electron chi connectivity index (χ3n) is 7.50. The molecule has 1 amide bonds. The molecule has 256 valence electrons. The van der Waals surface area contributed by atoms with Gasteiger partial charge < -0.3 is 25.3 Å². The van der Waals surface area contributed by atoms with Crippen molar-refractivity contribution in [2.75, 3.05) is 13.1 Å². The summed E-state index contributed by atoms with van der Waals surface area (Å²) in [5, 5.41) is 17.5. The maximum atomic E-state index is 12.8. The highest BCUT2D eigenvalue weighted by molar-refractivity contribution is 5.76. The molecule has 1 aromatic heterocycles. The highest BCUT2D eigenvalue weighted by Gasteiger charge is 2.39. The fourth-order valence-corrected chi connectivity index (χ4v) is 5.27. The van der Waals surface area contributed by atoms with Crippen LogP contribution in [0.3, 0.4) is 0 Å². The number of nitrogens with zero attached hydrogens (tertiary/aromatic N) is 2. The van der Waals surface area contributed by atoms with Crippen LogP contribution in [-0.4, -0.2) is 80.2 Å². The number of carbonyl (C=O) groups is 4. The van der Waals surface area contributed by atoms with Gasteiger partial charge in [0.15, 0.2) is 0 Å². The first-order valence-corrected chi connectivity index (χ1v) is 14.7. The number of piperidine rings is 1. The summed E-state index contributed by atoms with van der Waals surface area (Å²) < 4.78 is 63.5. The zero-order chi connectivity index (χ0) is 34.5. The predicted octanol–water partition coefficient (Wildman–Crippen LogP) is 5.91. The molecule has 1 aromatic carbocycles. The van der Waals surface area contributed by atoms with Gasteiger partial charge in [0.1, 0.15) is 11.6 Å². The lowest BCUT2D eigenvalue weighted by Crippen LogP contribution is -2.37. The van der Waals surface area contributed by atoms with Gasteiger partial charge in [-0.2, -0.15) is 26.3 Å². The Labute approximate surface area is 261 Å². The van der Waals surface area contributed by atoms with Gasteiger partial charge >= 0.3 is 24.3 Å². The van der Waals surface area contributed by atoms with E-state index in [9.17, 15) is 35.9 Å². The summed E-state index contributed by atoms with van der Waals surface area (Å²) in [6.45, 7) is 3.66. The minimum atomic E-state index is -5.08. The van der Waals surface area contributed by atoms with Gasteiger partial charge in [0, 0.05) is 32.0 Å². The topological polar surface area (TPSA) is 153 Å². The molecule has 1 aliphatic carbocycles. The molecule has 2 unspecified atom stereocenters. The molecule has 1 aliphatic heterocycles. The number of amides is 1. The molecule has 2 heterocycles. The normalized spacial score (nSPS) is 18.1. The van der Waals surface area contributed by atoms with Crippen molar-refractivity contribution in [3.05, 3.63) is 42.4 Å². The number of benzene rings is 1. The minimum Gasteiger partial charge on any atom is -0.475 e. The summed E-state index contributed by atoms with van der Waals surface area (Å²) in [5.74, 6) is -3.52. The smallest absolute Gasteiger partial charge is 0.475 e. The maximum Gasteiger partial charge on any atom is 0.490 e. The molecule has 4 rings (SSSR count). The molecule has 2 bridgehead atoms. The fraction of sp³-hybridized carbons (Fsp3) is 0.567. The van der Waals surface area contributed by atoms with Gasteiger partial charge in [-0.05, 0) is 50.5 Å². The van der Waals surface area contributed by atoms with Crippen LogP contribution < -0.4 is 5.32 Å². The Balaban J connectivity index is 0.000000440. The first kappa shape index (κ1) is 38.2. The highest BCUT2D eigenvalue weighted by atomic mass is 19.4. The standard InChI is InChI=1S/C26H36N4O2.2C2HF3O2/c1-19(31)8-4-2-7-11-23(26-27-17-24(29-26)21-9-5-3-6-10-21)28-25(32)14-15-30-18-20-12-13-22(30)16-20;2*3-2(4,5)1(6)7/h3,5-6,9-10,17,20,22-23H,2,4,7-8,11-16,18H2,1H3,(H,27,29)(H,28,32);2*(H,6,7)/t20?,22?,23-;;/m0../s1. The number of likely N-dealkylation sites (tertiary alicyclic amines) is 1. The summed E-state index contributed by atoms with van der Waals surface area (Å²) in [5.41, 5.74) is 2.05. The van der Waals surface area contributed by atoms with Gasteiger partial charge in [-0.3, -0.25) is 9.69 Å². The zero-order valence-corrected chi connectivity index (χ0v) is 25.2. The van der Waals surface area contributed by atoms with Gasteiger partial charge in [0.25, 0.3) is 0 Å². The molecule has 46 heavy (non-hydrogen) atoms. The largest absolute Gasteiger partial charge is 0.490 e. The number of alkyl halides is 6. The highest BCUT2D eigenvalue weighted by Crippen LogP contribution is 2.37. The van der Waals surface area contributed by atoms with Gasteiger partial charge in [-0.15, -0.1) is 0 Å². The summed E-state index contributed by atoms with van der Waals surface area (Å²) in [4.78, 5) is 52.3. The average molecular weight is 665 g/mol. The minimum absolute atomic E-state index is 0.0965. The van der Waals surface area contributed by atoms with Crippen molar-refractivity contribution in [3.63, 3.8) is 0 Å². The summed E-state index contributed by atoms with van der Waals surface area (Å²) in [7, 11) is 0. The maximum absolute atomic E-state index is 12.8. The van der Waals surface area contributed by atoms with E-state index in [0.717, 1.165) is 61.8 Å². The number of rotatable bonds is 12. The van der Waals surface area contributed by atoms with E-state index in [1.54, 1.807) is 6.92 Å². The lowest BCUT2D eigenvalue weighted by atomic mass is 10.1. The van der Waals surface area contributed by atoms with Crippen LogP contribution in [0.1, 0.15) is 76.6 Å². The molecule has 3 atom stereocenters. The molecular formula is C30H38F6N4O6. The Kier molecular flexibility index (Phi) is 14.7. The van der Waals surface area contributed by atoms with Crippen LogP contribution in [0.4, 0.5) is 26.3 Å². The van der Waals surface area contributed by atoms with Gasteiger partial charge in [0.05, 0.1) is 17.9 Å². The van der Waals surface area contributed by atoms with Crippen LogP contribution >= 0.6 is 0 Å². The van der Waals surface area contributed by atoms with E-state index in [4.69, 9.17) is 19.8 Å². The number of nitrogens with one attached hydrogen (secondary N) is 2. The van der Waals surface area contributed by atoms with E-state index in [2.05, 4.69) is 32.3 Å². The van der Waals surface area contributed by atoms with Crippen molar-refractivity contribution in [1.29, 1.82) is 0 Å².